The van der Waals surface area contributed by atoms with E-state index in [1.165, 1.54) is 17.0 Å². The molecule has 1 N–H and O–H groups in total. The Hall–Kier alpha value is -2.07. The van der Waals surface area contributed by atoms with Crippen molar-refractivity contribution in [1.82, 2.24) is 10.2 Å². The van der Waals surface area contributed by atoms with E-state index in [0.29, 0.717) is 15.6 Å². The first-order chi connectivity index (χ1) is 17.9. The van der Waals surface area contributed by atoms with E-state index in [9.17, 15) is 22.4 Å². The van der Waals surface area contributed by atoms with Crippen LogP contribution in [0, 0.1) is 5.82 Å². The second kappa shape index (κ2) is 13.3. The lowest BCUT2D eigenvalue weighted by molar-refractivity contribution is -0.140. The van der Waals surface area contributed by atoms with Crippen LogP contribution in [0.1, 0.15) is 51.0 Å². The van der Waals surface area contributed by atoms with Gasteiger partial charge in [0.1, 0.15) is 18.4 Å². The SMILES string of the molecule is CC[C@@H](C(=O)NC1CCCCC1)N(Cc1ccc(Cl)cc1Cl)C(=O)CN(c1ccc(F)c(Cl)c1)S(C)(=O)=O. The van der Waals surface area contributed by atoms with E-state index >= 15 is 0 Å². The van der Waals surface area contributed by atoms with Crippen LogP contribution in [-0.4, -0.2) is 50.0 Å². The number of halogens is 4. The standard InChI is InChI=1S/C26H31Cl3FN3O4S/c1-3-24(26(35)31-19-7-5-4-6-8-19)32(15-17-9-10-18(27)13-21(17)28)25(34)16-33(38(2,36)37)20-11-12-23(30)22(29)14-20/h9-14,19,24H,3-8,15-16H2,1-2H3,(H,31,35)/t24-/m0/s1. The fourth-order valence-electron chi connectivity index (χ4n) is 4.55. The molecule has 2 aromatic carbocycles. The van der Waals surface area contributed by atoms with Gasteiger partial charge in [-0.2, -0.15) is 0 Å². The minimum atomic E-state index is -3.98. The van der Waals surface area contributed by atoms with Crippen LogP contribution < -0.4 is 9.62 Å². The molecule has 1 aliphatic rings. The number of nitrogens with one attached hydrogen (secondary N) is 1. The molecule has 1 fully saturated rings. The van der Waals surface area contributed by atoms with Crippen molar-refractivity contribution in [3.8, 4) is 0 Å². The highest BCUT2D eigenvalue weighted by atomic mass is 35.5. The molecule has 3 rings (SSSR count). The van der Waals surface area contributed by atoms with Gasteiger partial charge >= 0.3 is 0 Å². The molecule has 208 valence electrons. The van der Waals surface area contributed by atoms with E-state index in [4.69, 9.17) is 34.8 Å². The number of rotatable bonds is 10. The molecule has 7 nitrogen and oxygen atoms in total. The van der Waals surface area contributed by atoms with Gasteiger partial charge in [0.2, 0.25) is 21.8 Å². The zero-order valence-electron chi connectivity index (χ0n) is 21.2. The smallest absolute Gasteiger partial charge is 0.244 e. The van der Waals surface area contributed by atoms with Gasteiger partial charge < -0.3 is 10.2 Å². The first-order valence-corrected chi connectivity index (χ1v) is 15.4. The molecule has 0 spiro atoms. The van der Waals surface area contributed by atoms with Crippen molar-refractivity contribution in [3.05, 3.63) is 62.8 Å². The summed E-state index contributed by atoms with van der Waals surface area (Å²) in [4.78, 5) is 28.5. The summed E-state index contributed by atoms with van der Waals surface area (Å²) >= 11 is 18.3. The molecule has 0 aliphatic heterocycles. The second-order valence-electron chi connectivity index (χ2n) is 9.39. The van der Waals surface area contributed by atoms with Gasteiger partial charge in [-0.25, -0.2) is 12.8 Å². The van der Waals surface area contributed by atoms with Gasteiger partial charge in [0, 0.05) is 22.6 Å². The Morgan fingerprint density at radius 1 is 1.05 bits per heavy atom. The van der Waals surface area contributed by atoms with Crippen molar-refractivity contribution in [2.24, 2.45) is 0 Å². The Balaban J connectivity index is 1.95. The molecular weight excluding hydrogens is 576 g/mol. The highest BCUT2D eigenvalue weighted by molar-refractivity contribution is 7.92. The van der Waals surface area contributed by atoms with Crippen LogP contribution in [0.2, 0.25) is 15.1 Å². The van der Waals surface area contributed by atoms with Crippen LogP contribution in [-0.2, 0) is 26.2 Å². The van der Waals surface area contributed by atoms with Gasteiger partial charge in [0.25, 0.3) is 0 Å². The van der Waals surface area contributed by atoms with Gasteiger partial charge in [-0.05, 0) is 55.2 Å². The Bertz CT molecular complexity index is 1270. The zero-order valence-corrected chi connectivity index (χ0v) is 24.3. The Morgan fingerprint density at radius 3 is 2.32 bits per heavy atom. The van der Waals surface area contributed by atoms with Crippen LogP contribution in [0.15, 0.2) is 36.4 Å². The van der Waals surface area contributed by atoms with Crippen LogP contribution in [0.3, 0.4) is 0 Å². The Labute approximate surface area is 238 Å². The number of nitrogens with zero attached hydrogens (tertiary/aromatic N) is 2. The number of hydrogen-bond acceptors (Lipinski definition) is 4. The summed E-state index contributed by atoms with van der Waals surface area (Å²) in [5.74, 6) is -1.67. The fourth-order valence-corrected chi connectivity index (χ4v) is 6.04. The van der Waals surface area contributed by atoms with Crippen LogP contribution in [0.4, 0.5) is 10.1 Å². The lowest BCUT2D eigenvalue weighted by Crippen LogP contribution is -2.54. The Kier molecular flexibility index (Phi) is 10.7. The maximum atomic E-state index is 13.8. The lowest BCUT2D eigenvalue weighted by Gasteiger charge is -2.34. The van der Waals surface area contributed by atoms with Crippen molar-refractivity contribution in [3.63, 3.8) is 0 Å². The van der Waals surface area contributed by atoms with Crippen molar-refractivity contribution < 1.29 is 22.4 Å². The largest absolute Gasteiger partial charge is 0.352 e. The predicted molar refractivity (Wildman–Crippen MR) is 150 cm³/mol. The van der Waals surface area contributed by atoms with Crippen molar-refractivity contribution >= 4 is 62.3 Å². The molecule has 0 bridgehead atoms. The summed E-state index contributed by atoms with van der Waals surface area (Å²) in [6, 6.07) is 7.35. The summed E-state index contributed by atoms with van der Waals surface area (Å²) in [6.45, 7) is 1.11. The molecule has 0 radical (unpaired) electrons. The molecule has 0 unspecified atom stereocenters. The normalized spacial score (nSPS) is 15.1. The second-order valence-corrected chi connectivity index (χ2v) is 12.6. The molecule has 12 heteroatoms. The van der Waals surface area contributed by atoms with Gasteiger partial charge in [-0.1, -0.05) is 67.1 Å². The lowest BCUT2D eigenvalue weighted by atomic mass is 9.95. The average molecular weight is 607 g/mol. The number of benzene rings is 2. The van der Waals surface area contributed by atoms with E-state index in [0.717, 1.165) is 54.8 Å². The first-order valence-electron chi connectivity index (χ1n) is 12.4. The monoisotopic (exact) mass is 605 g/mol. The number of sulfonamides is 1. The van der Waals surface area contributed by atoms with Crippen LogP contribution >= 0.6 is 34.8 Å². The molecule has 0 heterocycles. The third kappa shape index (κ3) is 7.97. The van der Waals surface area contributed by atoms with E-state index in [-0.39, 0.29) is 35.6 Å². The van der Waals surface area contributed by atoms with E-state index in [1.54, 1.807) is 19.1 Å². The summed E-state index contributed by atoms with van der Waals surface area (Å²) in [7, 11) is -3.98. The third-order valence-corrected chi connectivity index (χ3v) is 8.58. The molecule has 1 saturated carbocycles. The highest BCUT2D eigenvalue weighted by Crippen LogP contribution is 2.27. The minimum Gasteiger partial charge on any atom is -0.352 e. The Morgan fingerprint density at radius 2 is 1.74 bits per heavy atom. The quantitative estimate of drug-likeness (QED) is 0.370. The van der Waals surface area contributed by atoms with Crippen molar-refractivity contribution in [2.45, 2.75) is 64.1 Å². The number of anilines is 1. The first kappa shape index (κ1) is 30.5. The molecule has 0 aromatic heterocycles. The number of hydrogen-bond donors (Lipinski definition) is 1. The molecule has 1 aliphatic carbocycles. The van der Waals surface area contributed by atoms with Crippen molar-refractivity contribution in [2.75, 3.05) is 17.1 Å². The van der Waals surface area contributed by atoms with Gasteiger partial charge in [-0.15, -0.1) is 0 Å². The van der Waals surface area contributed by atoms with Crippen LogP contribution in [0.25, 0.3) is 0 Å². The minimum absolute atomic E-state index is 0.0234. The number of amides is 2. The topological polar surface area (TPSA) is 86.8 Å². The third-order valence-electron chi connectivity index (χ3n) is 6.56. The summed E-state index contributed by atoms with van der Waals surface area (Å²) in [5.41, 5.74) is 0.570. The van der Waals surface area contributed by atoms with E-state index < -0.39 is 34.3 Å². The number of carbonyl (C=O) groups is 2. The maximum absolute atomic E-state index is 13.8. The predicted octanol–water partition coefficient (Wildman–Crippen LogP) is 5.81. The molecule has 1 atom stereocenters. The molecule has 2 aromatic rings. The average Bonchev–Trinajstić information content (AvgIpc) is 2.85. The van der Waals surface area contributed by atoms with Crippen molar-refractivity contribution in [1.29, 1.82) is 0 Å². The fraction of sp³-hybridized carbons (Fsp3) is 0.462. The summed E-state index contributed by atoms with van der Waals surface area (Å²) < 4.78 is 39.9. The summed E-state index contributed by atoms with van der Waals surface area (Å²) in [6.07, 6.45) is 6.13. The molecule has 38 heavy (non-hydrogen) atoms. The van der Waals surface area contributed by atoms with Crippen LogP contribution in [0.5, 0.6) is 0 Å². The molecular formula is C26H31Cl3FN3O4S. The van der Waals surface area contributed by atoms with E-state index in [2.05, 4.69) is 5.32 Å². The highest BCUT2D eigenvalue weighted by Gasteiger charge is 2.33. The zero-order chi connectivity index (χ0) is 28.0. The molecule has 0 saturated heterocycles. The number of carbonyl (C=O) groups excluding carboxylic acids is 2. The molecule has 2 amide bonds. The maximum Gasteiger partial charge on any atom is 0.244 e. The summed E-state index contributed by atoms with van der Waals surface area (Å²) in [5, 5.41) is 3.50. The van der Waals surface area contributed by atoms with Gasteiger partial charge in [0.05, 0.1) is 17.0 Å². The van der Waals surface area contributed by atoms with Gasteiger partial charge in [-0.3, -0.25) is 13.9 Å². The van der Waals surface area contributed by atoms with Gasteiger partial charge in [0.15, 0.2) is 0 Å². The van der Waals surface area contributed by atoms with E-state index in [1.807, 2.05) is 0 Å².